The van der Waals surface area contributed by atoms with Gasteiger partial charge in [0.15, 0.2) is 0 Å². The van der Waals surface area contributed by atoms with E-state index in [0.29, 0.717) is 32.4 Å². The molecule has 4 nitrogen and oxygen atoms in total. The monoisotopic (exact) mass is 435 g/mol. The molecular weight excluding hydrogens is 421 g/mol. The SMILES string of the molecule is O=C1[C@H]2[C@H]3c4cccc(Cl)c4[C@@](O)(c4cccc(Cl)c43)[C@H]2C(=O)N1c1ccccc1. The number of imide groups is 1. The predicted octanol–water partition coefficient (Wildman–Crippen LogP) is 4.49. The van der Waals surface area contributed by atoms with E-state index >= 15 is 0 Å². The lowest BCUT2D eigenvalue weighted by Crippen LogP contribution is -2.53. The maximum atomic E-state index is 13.6. The van der Waals surface area contributed by atoms with Crippen LogP contribution >= 0.6 is 23.2 Å². The number of aliphatic hydroxyl groups is 1. The molecule has 148 valence electrons. The van der Waals surface area contributed by atoms with Gasteiger partial charge >= 0.3 is 0 Å². The number of nitrogens with zero attached hydrogens (tertiary/aromatic N) is 1. The highest BCUT2D eigenvalue weighted by molar-refractivity contribution is 6.33. The van der Waals surface area contributed by atoms with Crippen molar-refractivity contribution in [3.05, 3.63) is 99.0 Å². The van der Waals surface area contributed by atoms with Gasteiger partial charge in [0.2, 0.25) is 11.8 Å². The molecule has 0 radical (unpaired) electrons. The summed E-state index contributed by atoms with van der Waals surface area (Å²) in [7, 11) is 0. The number of benzene rings is 3. The van der Waals surface area contributed by atoms with Crippen LogP contribution in [0.2, 0.25) is 10.0 Å². The molecule has 0 unspecified atom stereocenters. The van der Waals surface area contributed by atoms with Crippen molar-refractivity contribution in [3.8, 4) is 0 Å². The van der Waals surface area contributed by atoms with E-state index in [1.807, 2.05) is 12.1 Å². The molecule has 3 aromatic rings. The summed E-state index contributed by atoms with van der Waals surface area (Å²) in [5, 5.41) is 13.1. The van der Waals surface area contributed by atoms with E-state index in [2.05, 4.69) is 0 Å². The van der Waals surface area contributed by atoms with Crippen molar-refractivity contribution >= 4 is 40.7 Å². The molecule has 0 spiro atoms. The molecule has 4 aliphatic rings. The number of halogens is 2. The lowest BCUT2D eigenvalue weighted by atomic mass is 9.52. The molecule has 30 heavy (non-hydrogen) atoms. The maximum absolute atomic E-state index is 13.6. The van der Waals surface area contributed by atoms with Crippen LogP contribution in [0.3, 0.4) is 0 Å². The lowest BCUT2D eigenvalue weighted by Gasteiger charge is -2.51. The Hall–Kier alpha value is -2.66. The molecule has 3 aliphatic carbocycles. The van der Waals surface area contributed by atoms with Gasteiger partial charge in [-0.25, -0.2) is 4.90 Å². The fourth-order valence-electron chi connectivity index (χ4n) is 5.67. The van der Waals surface area contributed by atoms with Crippen molar-refractivity contribution in [2.24, 2.45) is 11.8 Å². The topological polar surface area (TPSA) is 57.6 Å². The van der Waals surface area contributed by atoms with Crippen molar-refractivity contribution in [3.63, 3.8) is 0 Å². The van der Waals surface area contributed by atoms with E-state index < -0.39 is 29.3 Å². The summed E-state index contributed by atoms with van der Waals surface area (Å²) in [6.07, 6.45) is 0. The molecule has 0 saturated carbocycles. The first-order chi connectivity index (χ1) is 14.5. The Morgan fingerprint density at radius 3 is 2.30 bits per heavy atom. The number of carbonyl (C=O) groups excluding carboxylic acids is 2. The standard InChI is InChI=1S/C24H15Cl2NO3/c25-15-10-5-9-14-18(15)17-13-8-4-11-16(26)20(13)24(14,30)21-19(17)22(28)27(23(21)29)12-6-2-1-3-7-12/h1-11,17,19,21,30H/t17-,19-,21+,24-/m0/s1. The van der Waals surface area contributed by atoms with Gasteiger partial charge in [0, 0.05) is 21.5 Å². The van der Waals surface area contributed by atoms with E-state index in [0.717, 1.165) is 5.56 Å². The number of carbonyl (C=O) groups is 2. The van der Waals surface area contributed by atoms with Crippen LogP contribution in [-0.2, 0) is 15.2 Å². The van der Waals surface area contributed by atoms with Gasteiger partial charge in [-0.1, -0.05) is 65.7 Å². The Bertz CT molecular complexity index is 1260. The number of para-hydroxylation sites is 1. The molecule has 7 rings (SSSR count). The highest BCUT2D eigenvalue weighted by Crippen LogP contribution is 2.65. The van der Waals surface area contributed by atoms with Gasteiger partial charge in [-0.05, 0) is 41.0 Å². The maximum Gasteiger partial charge on any atom is 0.241 e. The van der Waals surface area contributed by atoms with E-state index in [4.69, 9.17) is 23.2 Å². The second-order valence-electron chi connectivity index (χ2n) is 8.00. The third-order valence-corrected chi connectivity index (χ3v) is 7.36. The zero-order valence-electron chi connectivity index (χ0n) is 15.5. The average molecular weight is 436 g/mol. The summed E-state index contributed by atoms with van der Waals surface area (Å²) in [4.78, 5) is 28.4. The fraction of sp³-hybridized carbons (Fsp3) is 0.167. The number of amides is 2. The largest absolute Gasteiger partial charge is 0.379 e. The summed E-state index contributed by atoms with van der Waals surface area (Å²) >= 11 is 13.1. The zero-order chi connectivity index (χ0) is 20.8. The summed E-state index contributed by atoms with van der Waals surface area (Å²) in [5.41, 5.74) is 1.28. The lowest BCUT2D eigenvalue weighted by molar-refractivity contribution is -0.133. The van der Waals surface area contributed by atoms with Crippen LogP contribution in [0.15, 0.2) is 66.7 Å². The molecule has 4 atom stereocenters. The van der Waals surface area contributed by atoms with Gasteiger partial charge in [-0.2, -0.15) is 0 Å². The Kier molecular flexibility index (Phi) is 3.59. The van der Waals surface area contributed by atoms with Crippen LogP contribution in [0.25, 0.3) is 0 Å². The van der Waals surface area contributed by atoms with Gasteiger partial charge in [-0.3, -0.25) is 9.59 Å². The first-order valence-corrected chi connectivity index (χ1v) is 10.4. The van der Waals surface area contributed by atoms with Crippen LogP contribution in [0.1, 0.15) is 28.2 Å². The van der Waals surface area contributed by atoms with Crippen molar-refractivity contribution in [2.75, 3.05) is 4.90 Å². The second kappa shape index (κ2) is 5.94. The molecule has 2 amide bonds. The Morgan fingerprint density at radius 1 is 0.833 bits per heavy atom. The number of rotatable bonds is 1. The van der Waals surface area contributed by atoms with Crippen LogP contribution < -0.4 is 4.90 Å². The first-order valence-electron chi connectivity index (χ1n) is 9.69. The Balaban J connectivity index is 1.68. The normalized spacial score (nSPS) is 28.4. The number of hydrogen-bond acceptors (Lipinski definition) is 3. The van der Waals surface area contributed by atoms with Crippen molar-refractivity contribution in [1.82, 2.24) is 0 Å². The highest BCUT2D eigenvalue weighted by atomic mass is 35.5. The first kappa shape index (κ1) is 18.1. The van der Waals surface area contributed by atoms with Crippen molar-refractivity contribution < 1.29 is 14.7 Å². The molecule has 3 aromatic carbocycles. The summed E-state index contributed by atoms with van der Waals surface area (Å²) in [6, 6.07) is 19.5. The molecule has 2 bridgehead atoms. The van der Waals surface area contributed by atoms with E-state index in [9.17, 15) is 14.7 Å². The van der Waals surface area contributed by atoms with Crippen LogP contribution in [0, 0.1) is 11.8 Å². The van der Waals surface area contributed by atoms with Gasteiger partial charge in [-0.15, -0.1) is 0 Å². The molecule has 1 saturated heterocycles. The van der Waals surface area contributed by atoms with Crippen molar-refractivity contribution in [2.45, 2.75) is 11.5 Å². The van der Waals surface area contributed by atoms with E-state index in [-0.39, 0.29) is 5.91 Å². The summed E-state index contributed by atoms with van der Waals surface area (Å²) in [5.74, 6) is -2.91. The van der Waals surface area contributed by atoms with E-state index in [1.54, 1.807) is 54.6 Å². The van der Waals surface area contributed by atoms with Gasteiger partial charge in [0.25, 0.3) is 0 Å². The van der Waals surface area contributed by atoms with Crippen molar-refractivity contribution in [1.29, 1.82) is 0 Å². The minimum atomic E-state index is -1.73. The van der Waals surface area contributed by atoms with Gasteiger partial charge < -0.3 is 5.11 Å². The molecule has 0 aromatic heterocycles. The minimum Gasteiger partial charge on any atom is -0.379 e. The summed E-state index contributed by atoms with van der Waals surface area (Å²) in [6.45, 7) is 0. The zero-order valence-corrected chi connectivity index (χ0v) is 17.1. The van der Waals surface area contributed by atoms with Crippen LogP contribution in [0.5, 0.6) is 0 Å². The third kappa shape index (κ3) is 1.97. The Labute approximate surface area is 182 Å². The second-order valence-corrected chi connectivity index (χ2v) is 8.81. The molecular formula is C24H15Cl2NO3. The average Bonchev–Trinajstić information content (AvgIpc) is 3.01. The molecule has 1 fully saturated rings. The van der Waals surface area contributed by atoms with Crippen LogP contribution in [-0.4, -0.2) is 16.9 Å². The van der Waals surface area contributed by atoms with Gasteiger partial charge in [0.05, 0.1) is 17.5 Å². The smallest absolute Gasteiger partial charge is 0.241 e. The minimum absolute atomic E-state index is 0.323. The predicted molar refractivity (Wildman–Crippen MR) is 114 cm³/mol. The summed E-state index contributed by atoms with van der Waals surface area (Å²) < 4.78 is 0. The molecule has 6 heteroatoms. The quantitative estimate of drug-likeness (QED) is 0.572. The van der Waals surface area contributed by atoms with E-state index in [1.165, 1.54) is 4.90 Å². The molecule has 1 heterocycles. The Morgan fingerprint density at radius 2 is 1.53 bits per heavy atom. The van der Waals surface area contributed by atoms with Crippen LogP contribution in [0.4, 0.5) is 5.69 Å². The molecule has 1 N–H and O–H groups in total. The molecule has 1 aliphatic heterocycles. The fourth-order valence-corrected chi connectivity index (χ4v) is 6.29. The third-order valence-electron chi connectivity index (χ3n) is 6.71. The number of anilines is 1. The number of hydrogen-bond donors (Lipinski definition) is 1. The highest BCUT2D eigenvalue weighted by Gasteiger charge is 2.69. The van der Waals surface area contributed by atoms with Gasteiger partial charge in [0.1, 0.15) is 5.60 Å².